The highest BCUT2D eigenvalue weighted by Gasteiger charge is 2.45. The molecule has 0 bridgehead atoms. The van der Waals surface area contributed by atoms with Crippen LogP contribution in [0.4, 0.5) is 11.4 Å². The van der Waals surface area contributed by atoms with Crippen molar-refractivity contribution in [3.05, 3.63) is 49.3 Å². The van der Waals surface area contributed by atoms with Gasteiger partial charge in [0.2, 0.25) is 5.91 Å². The molecule has 2 aliphatic heterocycles. The summed E-state index contributed by atoms with van der Waals surface area (Å²) in [6.45, 7) is 8.62. The predicted octanol–water partition coefficient (Wildman–Crippen LogP) is 5.19. The van der Waals surface area contributed by atoms with Crippen molar-refractivity contribution >= 4 is 39.1 Å². The highest BCUT2D eigenvalue weighted by atomic mass is 16.5. The SMILES string of the molecule is CC1(C(=O)NC2CCC(Oc3cc(N4CCOCC4)cc4ncncc34)CC2)CC1.NC1CCC(Oc2cc(N3CCOCC3)cc3ncncc23)CC1. The Morgan fingerprint density at radius 3 is 1.65 bits per heavy atom. The minimum absolute atomic E-state index is 0.105. The molecule has 1 amide bonds. The van der Waals surface area contributed by atoms with E-state index in [1.165, 1.54) is 0 Å². The van der Waals surface area contributed by atoms with E-state index in [2.05, 4.69) is 66.2 Å². The normalized spacial score (nSPS) is 25.4. The number of nitrogens with one attached hydrogen (secondary N) is 1. The Kier molecular flexibility index (Phi) is 11.2. The summed E-state index contributed by atoms with van der Waals surface area (Å²) in [5, 5.41) is 5.18. The van der Waals surface area contributed by atoms with Crippen molar-refractivity contribution < 1.29 is 23.7 Å². The van der Waals surface area contributed by atoms with Crippen molar-refractivity contribution in [3.8, 4) is 11.5 Å². The molecule has 3 aliphatic carbocycles. The van der Waals surface area contributed by atoms with E-state index < -0.39 is 0 Å². The Hall–Kier alpha value is -4.33. The van der Waals surface area contributed by atoms with Gasteiger partial charge in [0.1, 0.15) is 24.2 Å². The lowest BCUT2D eigenvalue weighted by atomic mass is 9.92. The number of hydrogen-bond donors (Lipinski definition) is 2. The lowest BCUT2D eigenvalue weighted by molar-refractivity contribution is -0.126. The third-order valence-corrected chi connectivity index (χ3v) is 11.8. The van der Waals surface area contributed by atoms with Gasteiger partial charge in [-0.05, 0) is 76.3 Å². The van der Waals surface area contributed by atoms with Crippen LogP contribution in [0.5, 0.6) is 11.5 Å². The average molecular weight is 739 g/mol. The van der Waals surface area contributed by atoms with E-state index in [0.29, 0.717) is 6.04 Å². The molecule has 5 aliphatic rings. The van der Waals surface area contributed by atoms with Crippen LogP contribution in [0.15, 0.2) is 49.3 Å². The fourth-order valence-electron chi connectivity index (χ4n) is 7.94. The smallest absolute Gasteiger partial charge is 0.226 e. The molecule has 5 fully saturated rings. The maximum atomic E-state index is 12.3. The van der Waals surface area contributed by atoms with E-state index in [1.807, 2.05) is 12.4 Å². The average Bonchev–Trinajstić information content (AvgIpc) is 3.98. The van der Waals surface area contributed by atoms with Crippen molar-refractivity contribution in [1.82, 2.24) is 25.3 Å². The Morgan fingerprint density at radius 1 is 0.722 bits per heavy atom. The highest BCUT2D eigenvalue weighted by Crippen LogP contribution is 2.45. The van der Waals surface area contributed by atoms with Crippen molar-refractivity contribution in [3.63, 3.8) is 0 Å². The van der Waals surface area contributed by atoms with E-state index in [1.54, 1.807) is 12.7 Å². The second kappa shape index (κ2) is 16.6. The topological polar surface area (TPSA) is 150 Å². The second-order valence-electron chi connectivity index (χ2n) is 15.8. The number of nitrogens with two attached hydrogens (primary N) is 1. The number of ether oxygens (including phenoxy) is 4. The maximum absolute atomic E-state index is 12.3. The molecule has 3 N–H and O–H groups in total. The first-order chi connectivity index (χ1) is 26.4. The third-order valence-electron chi connectivity index (χ3n) is 11.8. The van der Waals surface area contributed by atoms with Gasteiger partial charge in [-0.1, -0.05) is 6.92 Å². The van der Waals surface area contributed by atoms with Gasteiger partial charge in [0, 0.05) is 79.6 Å². The number of amides is 1. The van der Waals surface area contributed by atoms with E-state index in [0.717, 1.165) is 161 Å². The van der Waals surface area contributed by atoms with Crippen molar-refractivity contribution in [2.75, 3.05) is 62.4 Å². The Balaban J connectivity index is 0.000000157. The molecule has 54 heavy (non-hydrogen) atoms. The number of carbonyl (C=O) groups excluding carboxylic acids is 1. The summed E-state index contributed by atoms with van der Waals surface area (Å²) in [6.07, 6.45) is 17.2. The molecule has 3 saturated carbocycles. The largest absolute Gasteiger partial charge is 0.490 e. The standard InChI is InChI=1S/C23H30N4O3.C18H24N4O2/c1-23(6-7-23)22(28)26-16-2-4-18(5-3-16)30-21-13-17(27-8-10-29-11-9-27)12-20-19(21)14-24-15-25-20;19-13-1-3-15(4-2-13)24-18-10-14(22-5-7-23-8-6-22)9-17-16(18)11-20-12-21-17/h12-16,18H,2-11H2,1H3,(H,26,28);9-13,15H,1-8,19H2. The number of fused-ring (bicyclic) bond motifs is 2. The summed E-state index contributed by atoms with van der Waals surface area (Å²) in [4.78, 5) is 34.3. The number of aromatic nitrogens is 4. The van der Waals surface area contributed by atoms with Crippen LogP contribution in [0.25, 0.3) is 21.8 Å². The Morgan fingerprint density at radius 2 is 1.19 bits per heavy atom. The van der Waals surface area contributed by atoms with Crippen LogP contribution in [-0.2, 0) is 14.3 Å². The fraction of sp³-hybridized carbons (Fsp3) is 0.585. The summed E-state index contributed by atoms with van der Waals surface area (Å²) < 4.78 is 23.8. The summed E-state index contributed by atoms with van der Waals surface area (Å²) in [5.41, 5.74) is 10.0. The number of hydrogen-bond acceptors (Lipinski definition) is 12. The number of anilines is 2. The molecule has 2 saturated heterocycles. The molecule has 0 radical (unpaired) electrons. The second-order valence-corrected chi connectivity index (χ2v) is 15.8. The van der Waals surface area contributed by atoms with Crippen LogP contribution in [-0.4, -0.2) is 103 Å². The lowest BCUT2D eigenvalue weighted by Gasteiger charge is -2.32. The summed E-state index contributed by atoms with van der Waals surface area (Å²) in [5.74, 6) is 1.97. The molecule has 288 valence electrons. The molecule has 0 unspecified atom stereocenters. The molecule has 9 rings (SSSR count). The van der Waals surface area contributed by atoms with Gasteiger partial charge in [-0.25, -0.2) is 19.9 Å². The molecule has 4 heterocycles. The van der Waals surface area contributed by atoms with Gasteiger partial charge in [0.15, 0.2) is 0 Å². The first-order valence-electron chi connectivity index (χ1n) is 19.9. The molecular weight excluding hydrogens is 685 g/mol. The number of rotatable bonds is 8. The van der Waals surface area contributed by atoms with E-state index in [9.17, 15) is 4.79 Å². The van der Waals surface area contributed by atoms with Crippen LogP contribution >= 0.6 is 0 Å². The summed E-state index contributed by atoms with van der Waals surface area (Å²) in [7, 11) is 0. The van der Waals surface area contributed by atoms with Crippen molar-refractivity contribution in [2.24, 2.45) is 11.1 Å². The third kappa shape index (κ3) is 8.79. The molecule has 13 nitrogen and oxygen atoms in total. The summed E-state index contributed by atoms with van der Waals surface area (Å²) in [6, 6.07) is 9.08. The van der Waals surface area contributed by atoms with E-state index in [-0.39, 0.29) is 29.6 Å². The highest BCUT2D eigenvalue weighted by molar-refractivity contribution is 5.89. The van der Waals surface area contributed by atoms with Crippen LogP contribution in [0, 0.1) is 5.41 Å². The quantitative estimate of drug-likeness (QED) is 0.245. The van der Waals surface area contributed by atoms with Crippen LogP contribution in [0.1, 0.15) is 71.1 Å². The predicted molar refractivity (Wildman–Crippen MR) is 208 cm³/mol. The van der Waals surface area contributed by atoms with Gasteiger partial charge in [0.05, 0.1) is 60.4 Å². The van der Waals surface area contributed by atoms with Crippen LogP contribution < -0.4 is 30.3 Å². The first kappa shape index (κ1) is 36.6. The number of benzene rings is 2. The van der Waals surface area contributed by atoms with Gasteiger partial charge >= 0.3 is 0 Å². The molecule has 13 heteroatoms. The molecular formula is C41H54N8O5. The van der Waals surface area contributed by atoms with E-state index >= 15 is 0 Å². The molecule has 2 aromatic carbocycles. The van der Waals surface area contributed by atoms with Crippen molar-refractivity contribution in [1.29, 1.82) is 0 Å². The molecule has 0 atom stereocenters. The number of morpholine rings is 2. The van der Waals surface area contributed by atoms with Gasteiger partial charge in [-0.15, -0.1) is 0 Å². The first-order valence-corrected chi connectivity index (χ1v) is 19.9. The van der Waals surface area contributed by atoms with Gasteiger partial charge in [-0.3, -0.25) is 4.79 Å². The monoisotopic (exact) mass is 738 g/mol. The zero-order valence-electron chi connectivity index (χ0n) is 31.5. The lowest BCUT2D eigenvalue weighted by Crippen LogP contribution is -2.42. The number of nitrogens with zero attached hydrogens (tertiary/aromatic N) is 6. The molecule has 4 aromatic rings. The number of carbonyl (C=O) groups is 1. The Labute approximate surface area is 317 Å². The van der Waals surface area contributed by atoms with Gasteiger partial charge in [0.25, 0.3) is 0 Å². The van der Waals surface area contributed by atoms with Gasteiger partial charge in [-0.2, -0.15) is 0 Å². The Bertz CT molecular complexity index is 1880. The molecule has 0 spiro atoms. The van der Waals surface area contributed by atoms with Gasteiger partial charge < -0.3 is 39.8 Å². The van der Waals surface area contributed by atoms with E-state index in [4.69, 9.17) is 24.7 Å². The maximum Gasteiger partial charge on any atom is 0.226 e. The minimum Gasteiger partial charge on any atom is -0.490 e. The fourth-order valence-corrected chi connectivity index (χ4v) is 7.94. The van der Waals surface area contributed by atoms with Crippen LogP contribution in [0.2, 0.25) is 0 Å². The zero-order chi connectivity index (χ0) is 36.9. The van der Waals surface area contributed by atoms with Crippen LogP contribution in [0.3, 0.4) is 0 Å². The molecule has 2 aromatic heterocycles. The minimum atomic E-state index is -0.105. The van der Waals surface area contributed by atoms with Crippen molar-refractivity contribution in [2.45, 2.75) is 95.4 Å². The zero-order valence-corrected chi connectivity index (χ0v) is 31.5. The summed E-state index contributed by atoms with van der Waals surface area (Å²) >= 11 is 0.